The lowest BCUT2D eigenvalue weighted by Crippen LogP contribution is -2.16. The lowest BCUT2D eigenvalue weighted by atomic mass is 10.2. The highest BCUT2D eigenvalue weighted by atomic mass is 19.1. The van der Waals surface area contributed by atoms with E-state index < -0.39 is 0 Å². The van der Waals surface area contributed by atoms with Crippen molar-refractivity contribution >= 4 is 17.2 Å². The van der Waals surface area contributed by atoms with E-state index in [1.807, 2.05) is 32.0 Å². The van der Waals surface area contributed by atoms with Gasteiger partial charge in [-0.15, -0.1) is 0 Å². The fraction of sp³-hybridized carbons (Fsp3) is 0.222. The zero-order valence-corrected chi connectivity index (χ0v) is 13.5. The number of hydrogen-bond donors (Lipinski definition) is 1. The van der Waals surface area contributed by atoms with Gasteiger partial charge in [-0.2, -0.15) is 0 Å². The number of rotatable bonds is 5. The predicted molar refractivity (Wildman–Crippen MR) is 89.7 cm³/mol. The number of benzene rings is 1. The summed E-state index contributed by atoms with van der Waals surface area (Å²) in [4.78, 5) is 16.6. The molecule has 124 valence electrons. The van der Waals surface area contributed by atoms with Crippen molar-refractivity contribution < 1.29 is 13.9 Å². The number of hydrogen-bond acceptors (Lipinski definition) is 3. The number of para-hydroxylation sites is 2. The minimum absolute atomic E-state index is 0.0105. The maximum absolute atomic E-state index is 13.2. The molecule has 0 radical (unpaired) electrons. The first-order chi connectivity index (χ1) is 11.5. The maximum atomic E-state index is 13.2. The zero-order valence-electron chi connectivity index (χ0n) is 13.5. The number of carbonyl (C=O) groups is 1. The first kappa shape index (κ1) is 16.0. The van der Waals surface area contributed by atoms with Gasteiger partial charge in [-0.1, -0.05) is 12.1 Å². The highest BCUT2D eigenvalue weighted by Crippen LogP contribution is 2.25. The fourth-order valence-corrected chi connectivity index (χ4v) is 2.39. The van der Waals surface area contributed by atoms with Gasteiger partial charge in [-0.25, -0.2) is 9.37 Å². The molecule has 6 heteroatoms. The van der Waals surface area contributed by atoms with Gasteiger partial charge >= 0.3 is 0 Å². The SMILES string of the molecule is CC(C)Oc1ccccc1NC(=O)Cc1cn2cc(F)ccc2n1. The molecule has 0 saturated heterocycles. The largest absolute Gasteiger partial charge is 0.489 e. The zero-order chi connectivity index (χ0) is 17.1. The summed E-state index contributed by atoms with van der Waals surface area (Å²) in [5.74, 6) is 0.0623. The van der Waals surface area contributed by atoms with Crippen LogP contribution in [-0.2, 0) is 11.2 Å². The topological polar surface area (TPSA) is 55.6 Å². The van der Waals surface area contributed by atoms with E-state index in [2.05, 4.69) is 10.3 Å². The van der Waals surface area contributed by atoms with Crippen LogP contribution in [0.3, 0.4) is 0 Å². The van der Waals surface area contributed by atoms with Crippen LogP contribution in [0.1, 0.15) is 19.5 Å². The average molecular weight is 327 g/mol. The first-order valence-corrected chi connectivity index (χ1v) is 7.70. The molecular formula is C18H18FN3O2. The summed E-state index contributed by atoms with van der Waals surface area (Å²) < 4.78 is 20.4. The van der Waals surface area contributed by atoms with E-state index in [4.69, 9.17) is 4.74 Å². The Morgan fingerprint density at radius 1 is 1.25 bits per heavy atom. The molecule has 0 unspecified atom stereocenters. The molecule has 2 aromatic heterocycles. The second kappa shape index (κ2) is 6.70. The van der Waals surface area contributed by atoms with Crippen molar-refractivity contribution in [3.8, 4) is 5.75 Å². The molecule has 3 aromatic rings. The van der Waals surface area contributed by atoms with Crippen molar-refractivity contribution in [2.24, 2.45) is 0 Å². The number of imidazole rings is 1. The molecular weight excluding hydrogens is 309 g/mol. The van der Waals surface area contributed by atoms with Gasteiger partial charge in [0.2, 0.25) is 5.91 Å². The summed E-state index contributed by atoms with van der Waals surface area (Å²) in [5, 5.41) is 2.83. The Hall–Kier alpha value is -2.89. The fourth-order valence-electron chi connectivity index (χ4n) is 2.39. The minimum Gasteiger partial charge on any atom is -0.489 e. The van der Waals surface area contributed by atoms with Crippen LogP contribution >= 0.6 is 0 Å². The second-order valence-corrected chi connectivity index (χ2v) is 5.73. The number of nitrogens with one attached hydrogen (secondary N) is 1. The third kappa shape index (κ3) is 3.71. The molecule has 0 bridgehead atoms. The molecule has 0 aliphatic carbocycles. The van der Waals surface area contributed by atoms with E-state index in [0.717, 1.165) is 0 Å². The number of halogens is 1. The Morgan fingerprint density at radius 2 is 2.04 bits per heavy atom. The molecule has 24 heavy (non-hydrogen) atoms. The standard InChI is InChI=1S/C18H18FN3O2/c1-12(2)24-16-6-4-3-5-15(16)21-18(23)9-14-11-22-10-13(19)7-8-17(22)20-14/h3-8,10-12H,9H2,1-2H3,(H,21,23). The van der Waals surface area contributed by atoms with Gasteiger partial charge in [0.25, 0.3) is 0 Å². The van der Waals surface area contributed by atoms with E-state index >= 15 is 0 Å². The van der Waals surface area contributed by atoms with Crippen LogP contribution in [0.25, 0.3) is 5.65 Å². The van der Waals surface area contributed by atoms with E-state index in [9.17, 15) is 9.18 Å². The van der Waals surface area contributed by atoms with Crippen LogP contribution in [0, 0.1) is 5.82 Å². The van der Waals surface area contributed by atoms with Crippen molar-refractivity contribution in [2.45, 2.75) is 26.4 Å². The van der Waals surface area contributed by atoms with Crippen LogP contribution in [-0.4, -0.2) is 21.4 Å². The van der Waals surface area contributed by atoms with Crippen LogP contribution < -0.4 is 10.1 Å². The third-order valence-corrected chi connectivity index (χ3v) is 3.33. The van der Waals surface area contributed by atoms with E-state index in [0.29, 0.717) is 22.8 Å². The van der Waals surface area contributed by atoms with Crippen molar-refractivity contribution in [2.75, 3.05) is 5.32 Å². The van der Waals surface area contributed by atoms with E-state index in [1.165, 1.54) is 12.3 Å². The van der Waals surface area contributed by atoms with Crippen molar-refractivity contribution in [3.05, 3.63) is 60.3 Å². The number of ether oxygens (including phenoxy) is 1. The van der Waals surface area contributed by atoms with Gasteiger partial charge in [-0.3, -0.25) is 4.79 Å². The quantitative estimate of drug-likeness (QED) is 0.781. The monoisotopic (exact) mass is 327 g/mol. The summed E-state index contributed by atoms with van der Waals surface area (Å²) in [5.41, 5.74) is 1.79. The highest BCUT2D eigenvalue weighted by Gasteiger charge is 2.11. The van der Waals surface area contributed by atoms with Crippen molar-refractivity contribution in [1.82, 2.24) is 9.38 Å². The van der Waals surface area contributed by atoms with Gasteiger partial charge in [-0.05, 0) is 38.1 Å². The van der Waals surface area contributed by atoms with E-state index in [1.54, 1.807) is 22.7 Å². The Balaban J connectivity index is 1.73. The number of nitrogens with zero attached hydrogens (tertiary/aromatic N) is 2. The Morgan fingerprint density at radius 3 is 2.83 bits per heavy atom. The molecule has 0 fully saturated rings. The molecule has 2 heterocycles. The molecule has 1 amide bonds. The summed E-state index contributed by atoms with van der Waals surface area (Å²) in [6.07, 6.45) is 3.08. The Bertz CT molecular complexity index is 874. The maximum Gasteiger partial charge on any atom is 0.230 e. The summed E-state index contributed by atoms with van der Waals surface area (Å²) >= 11 is 0. The molecule has 3 rings (SSSR count). The van der Waals surface area contributed by atoms with Gasteiger partial charge < -0.3 is 14.5 Å². The van der Waals surface area contributed by atoms with Crippen LogP contribution in [0.5, 0.6) is 5.75 Å². The number of aromatic nitrogens is 2. The van der Waals surface area contributed by atoms with Crippen molar-refractivity contribution in [1.29, 1.82) is 0 Å². The Labute approximate surface area is 139 Å². The van der Waals surface area contributed by atoms with Crippen LogP contribution in [0.2, 0.25) is 0 Å². The Kier molecular flexibility index (Phi) is 4.46. The number of amides is 1. The first-order valence-electron chi connectivity index (χ1n) is 7.70. The van der Waals surface area contributed by atoms with E-state index in [-0.39, 0.29) is 24.2 Å². The molecule has 0 atom stereocenters. The number of carbonyl (C=O) groups excluding carboxylic acids is 1. The molecule has 0 aliphatic rings. The minimum atomic E-state index is -0.351. The summed E-state index contributed by atoms with van der Waals surface area (Å²) in [7, 11) is 0. The number of anilines is 1. The molecule has 0 saturated carbocycles. The number of fused-ring (bicyclic) bond motifs is 1. The third-order valence-electron chi connectivity index (χ3n) is 3.33. The molecule has 0 aliphatic heterocycles. The van der Waals surface area contributed by atoms with Gasteiger partial charge in [0, 0.05) is 12.4 Å². The van der Waals surface area contributed by atoms with Gasteiger partial charge in [0.15, 0.2) is 0 Å². The highest BCUT2D eigenvalue weighted by molar-refractivity contribution is 5.93. The predicted octanol–water partition coefficient (Wildman–Crippen LogP) is 3.44. The van der Waals surface area contributed by atoms with Gasteiger partial charge in [0.1, 0.15) is 17.2 Å². The molecule has 1 aromatic carbocycles. The van der Waals surface area contributed by atoms with Gasteiger partial charge in [0.05, 0.1) is 23.9 Å². The second-order valence-electron chi connectivity index (χ2n) is 5.73. The lowest BCUT2D eigenvalue weighted by Gasteiger charge is -2.14. The normalized spacial score (nSPS) is 11.0. The smallest absolute Gasteiger partial charge is 0.230 e. The molecule has 5 nitrogen and oxygen atoms in total. The molecule has 0 spiro atoms. The number of pyridine rings is 1. The summed E-state index contributed by atoms with van der Waals surface area (Å²) in [6.45, 7) is 3.85. The van der Waals surface area contributed by atoms with Crippen LogP contribution in [0.4, 0.5) is 10.1 Å². The van der Waals surface area contributed by atoms with Crippen molar-refractivity contribution in [3.63, 3.8) is 0 Å². The van der Waals surface area contributed by atoms with Crippen LogP contribution in [0.15, 0.2) is 48.8 Å². The average Bonchev–Trinajstić information content (AvgIpc) is 2.89. The lowest BCUT2D eigenvalue weighted by molar-refractivity contribution is -0.115. The summed E-state index contributed by atoms with van der Waals surface area (Å²) in [6, 6.07) is 10.2. The molecule has 1 N–H and O–H groups in total.